The quantitative estimate of drug-likeness (QED) is 0.744. The first-order chi connectivity index (χ1) is 11.6. The molecule has 6 nitrogen and oxygen atoms in total. The zero-order valence-electron chi connectivity index (χ0n) is 13.6. The fourth-order valence-corrected chi connectivity index (χ4v) is 3.71. The van der Waals surface area contributed by atoms with Gasteiger partial charge in [0.05, 0.1) is 12.5 Å². The number of hydrogen-bond donors (Lipinski definition) is 3. The summed E-state index contributed by atoms with van der Waals surface area (Å²) in [6, 6.07) is 8.27. The van der Waals surface area contributed by atoms with Crippen LogP contribution in [0.1, 0.15) is 23.3 Å². The number of para-hydroxylation sites is 1. The second kappa shape index (κ2) is 7.63. The fraction of sp³-hybridized carbons (Fsp3) is 0.412. The van der Waals surface area contributed by atoms with Crippen molar-refractivity contribution in [3.8, 4) is 0 Å². The van der Waals surface area contributed by atoms with Gasteiger partial charge in [0.2, 0.25) is 5.91 Å². The number of primary amides is 1. The molecular formula is C17H23N5OS. The van der Waals surface area contributed by atoms with Crippen LogP contribution in [0.4, 0.5) is 10.8 Å². The molecule has 2 heterocycles. The number of likely N-dealkylation sites (tertiary alicyclic amines) is 1. The van der Waals surface area contributed by atoms with Crippen molar-refractivity contribution in [1.29, 1.82) is 0 Å². The predicted molar refractivity (Wildman–Crippen MR) is 97.5 cm³/mol. The van der Waals surface area contributed by atoms with E-state index in [4.69, 9.17) is 11.5 Å². The van der Waals surface area contributed by atoms with Gasteiger partial charge in [0.25, 0.3) is 0 Å². The summed E-state index contributed by atoms with van der Waals surface area (Å²) < 4.78 is 0. The molecule has 1 fully saturated rings. The third-order valence-corrected chi connectivity index (χ3v) is 5.17. The highest BCUT2D eigenvalue weighted by atomic mass is 32.1. The zero-order chi connectivity index (χ0) is 16.9. The van der Waals surface area contributed by atoms with Crippen molar-refractivity contribution in [1.82, 2.24) is 9.88 Å². The summed E-state index contributed by atoms with van der Waals surface area (Å²) in [5.41, 5.74) is 13.5. The van der Waals surface area contributed by atoms with Gasteiger partial charge in [-0.1, -0.05) is 18.2 Å². The van der Waals surface area contributed by atoms with E-state index >= 15 is 0 Å². The number of nitrogens with zero attached hydrogens (tertiary/aromatic N) is 2. The SMILES string of the molecule is NC(=O)C1CCCN(Cc2ccccc2NCc2cnc(N)s2)C1. The van der Waals surface area contributed by atoms with E-state index < -0.39 is 0 Å². The molecule has 2 aromatic rings. The maximum absolute atomic E-state index is 11.4. The monoisotopic (exact) mass is 345 g/mol. The first-order valence-corrected chi connectivity index (χ1v) is 8.97. The molecule has 1 unspecified atom stereocenters. The van der Waals surface area contributed by atoms with Gasteiger partial charge in [0.15, 0.2) is 5.13 Å². The number of aromatic nitrogens is 1. The molecule has 24 heavy (non-hydrogen) atoms. The lowest BCUT2D eigenvalue weighted by Crippen LogP contribution is -2.40. The lowest BCUT2D eigenvalue weighted by molar-refractivity contribution is -0.123. The summed E-state index contributed by atoms with van der Waals surface area (Å²) in [6.07, 6.45) is 3.72. The average Bonchev–Trinajstić information content (AvgIpc) is 3.00. The van der Waals surface area contributed by atoms with Gasteiger partial charge in [-0.25, -0.2) is 4.98 Å². The zero-order valence-corrected chi connectivity index (χ0v) is 14.4. The van der Waals surface area contributed by atoms with Crippen LogP contribution in [0.25, 0.3) is 0 Å². The molecule has 1 aliphatic heterocycles. The van der Waals surface area contributed by atoms with Crippen molar-refractivity contribution < 1.29 is 4.79 Å². The Balaban J connectivity index is 1.64. The fourth-order valence-electron chi connectivity index (χ4n) is 3.09. The number of piperidine rings is 1. The maximum atomic E-state index is 11.4. The molecule has 0 spiro atoms. The molecule has 1 aromatic carbocycles. The van der Waals surface area contributed by atoms with Crippen molar-refractivity contribution in [2.45, 2.75) is 25.9 Å². The van der Waals surface area contributed by atoms with Crippen LogP contribution in [-0.4, -0.2) is 28.9 Å². The largest absolute Gasteiger partial charge is 0.380 e. The van der Waals surface area contributed by atoms with Crippen LogP contribution in [0.5, 0.6) is 0 Å². The molecule has 0 radical (unpaired) electrons. The topological polar surface area (TPSA) is 97.3 Å². The minimum absolute atomic E-state index is 0.0287. The Labute approximate surface area is 145 Å². The van der Waals surface area contributed by atoms with Crippen LogP contribution in [0.2, 0.25) is 0 Å². The second-order valence-corrected chi connectivity index (χ2v) is 7.30. The number of nitrogens with one attached hydrogen (secondary N) is 1. The molecule has 1 aliphatic rings. The van der Waals surface area contributed by atoms with Crippen LogP contribution < -0.4 is 16.8 Å². The molecule has 7 heteroatoms. The van der Waals surface area contributed by atoms with Gasteiger partial charge in [0, 0.05) is 29.9 Å². The molecule has 0 bridgehead atoms. The lowest BCUT2D eigenvalue weighted by atomic mass is 9.97. The van der Waals surface area contributed by atoms with Crippen LogP contribution in [0, 0.1) is 5.92 Å². The van der Waals surface area contributed by atoms with Gasteiger partial charge < -0.3 is 16.8 Å². The van der Waals surface area contributed by atoms with E-state index in [0.717, 1.165) is 43.0 Å². The van der Waals surface area contributed by atoms with E-state index in [-0.39, 0.29) is 11.8 Å². The molecule has 0 saturated carbocycles. The Bertz CT molecular complexity index is 702. The summed E-state index contributed by atoms with van der Waals surface area (Å²) in [4.78, 5) is 18.9. The highest BCUT2D eigenvalue weighted by Crippen LogP contribution is 2.23. The van der Waals surface area contributed by atoms with Gasteiger partial charge in [-0.2, -0.15) is 0 Å². The normalized spacial score (nSPS) is 18.4. The van der Waals surface area contributed by atoms with Gasteiger partial charge in [-0.05, 0) is 31.0 Å². The summed E-state index contributed by atoms with van der Waals surface area (Å²) in [5.74, 6) is -0.215. The first kappa shape index (κ1) is 16.7. The summed E-state index contributed by atoms with van der Waals surface area (Å²) in [7, 11) is 0. The Kier molecular flexibility index (Phi) is 5.32. The molecule has 5 N–H and O–H groups in total. The number of amides is 1. The van der Waals surface area contributed by atoms with E-state index in [1.54, 1.807) is 6.20 Å². The highest BCUT2D eigenvalue weighted by Gasteiger charge is 2.24. The van der Waals surface area contributed by atoms with Gasteiger partial charge in [0.1, 0.15) is 0 Å². The lowest BCUT2D eigenvalue weighted by Gasteiger charge is -2.31. The van der Waals surface area contributed by atoms with E-state index in [9.17, 15) is 4.79 Å². The van der Waals surface area contributed by atoms with Crippen molar-refractivity contribution in [3.63, 3.8) is 0 Å². The maximum Gasteiger partial charge on any atom is 0.221 e. The van der Waals surface area contributed by atoms with Gasteiger partial charge >= 0.3 is 0 Å². The van der Waals surface area contributed by atoms with Crippen LogP contribution in [-0.2, 0) is 17.9 Å². The second-order valence-electron chi connectivity index (χ2n) is 6.15. The Morgan fingerprint density at radius 1 is 1.42 bits per heavy atom. The van der Waals surface area contributed by atoms with Gasteiger partial charge in [-0.3, -0.25) is 9.69 Å². The van der Waals surface area contributed by atoms with Crippen molar-refractivity contribution in [2.24, 2.45) is 11.7 Å². The summed E-state index contributed by atoms with van der Waals surface area (Å²) >= 11 is 1.49. The number of anilines is 2. The standard InChI is InChI=1S/C17H23N5OS/c18-16(23)13-5-3-7-22(11-13)10-12-4-1-2-6-15(12)20-8-14-9-21-17(19)24-14/h1-2,4,6,9,13,20H,3,5,7-8,10-11H2,(H2,18,23)(H2,19,21). The molecular weight excluding hydrogens is 322 g/mol. The first-order valence-electron chi connectivity index (χ1n) is 8.15. The van der Waals surface area contributed by atoms with Crippen LogP contribution in [0.15, 0.2) is 30.5 Å². The number of thiazole rings is 1. The van der Waals surface area contributed by atoms with E-state index in [2.05, 4.69) is 27.3 Å². The number of nitrogens with two attached hydrogens (primary N) is 2. The smallest absolute Gasteiger partial charge is 0.221 e. The summed E-state index contributed by atoms with van der Waals surface area (Å²) in [6.45, 7) is 3.27. The number of hydrogen-bond acceptors (Lipinski definition) is 6. The number of nitrogen functional groups attached to an aromatic ring is 1. The minimum Gasteiger partial charge on any atom is -0.380 e. The summed E-state index contributed by atoms with van der Waals surface area (Å²) in [5, 5.41) is 4.05. The highest BCUT2D eigenvalue weighted by molar-refractivity contribution is 7.15. The average molecular weight is 345 g/mol. The number of benzene rings is 1. The predicted octanol–water partition coefficient (Wildman–Crippen LogP) is 2.03. The molecule has 1 amide bonds. The van der Waals surface area contributed by atoms with E-state index in [0.29, 0.717) is 11.7 Å². The van der Waals surface area contributed by atoms with Crippen molar-refractivity contribution >= 4 is 28.1 Å². The molecule has 128 valence electrons. The third-order valence-electron chi connectivity index (χ3n) is 4.34. The van der Waals surface area contributed by atoms with E-state index in [1.165, 1.54) is 16.9 Å². The molecule has 1 saturated heterocycles. The number of carbonyl (C=O) groups excluding carboxylic acids is 1. The van der Waals surface area contributed by atoms with Crippen LogP contribution >= 0.6 is 11.3 Å². The Morgan fingerprint density at radius 3 is 3.00 bits per heavy atom. The molecule has 0 aliphatic carbocycles. The minimum atomic E-state index is -0.186. The Hall–Kier alpha value is -2.12. The number of carbonyl (C=O) groups is 1. The molecule has 1 atom stereocenters. The molecule has 1 aromatic heterocycles. The van der Waals surface area contributed by atoms with Gasteiger partial charge in [-0.15, -0.1) is 11.3 Å². The molecule has 3 rings (SSSR count). The van der Waals surface area contributed by atoms with Crippen molar-refractivity contribution in [2.75, 3.05) is 24.1 Å². The van der Waals surface area contributed by atoms with Crippen LogP contribution in [0.3, 0.4) is 0 Å². The van der Waals surface area contributed by atoms with E-state index in [1.807, 2.05) is 12.1 Å². The number of rotatable bonds is 6. The Morgan fingerprint density at radius 2 is 2.25 bits per heavy atom. The van der Waals surface area contributed by atoms with Crippen molar-refractivity contribution in [3.05, 3.63) is 40.9 Å². The third kappa shape index (κ3) is 4.24.